The lowest BCUT2D eigenvalue weighted by Gasteiger charge is -2.40. The first-order valence-corrected chi connectivity index (χ1v) is 9.49. The summed E-state index contributed by atoms with van der Waals surface area (Å²) in [6.07, 6.45) is 1.83. The quantitative estimate of drug-likeness (QED) is 0.826. The molecular weight excluding hydrogens is 340 g/mol. The number of piperazine rings is 1. The van der Waals surface area contributed by atoms with E-state index in [-0.39, 0.29) is 18.7 Å². The van der Waals surface area contributed by atoms with Crippen LogP contribution in [0.5, 0.6) is 0 Å². The van der Waals surface area contributed by atoms with Gasteiger partial charge < -0.3 is 14.9 Å². The van der Waals surface area contributed by atoms with Gasteiger partial charge >= 0.3 is 0 Å². The zero-order valence-corrected chi connectivity index (χ0v) is 16.7. The molecule has 27 heavy (non-hydrogen) atoms. The van der Waals surface area contributed by atoms with Gasteiger partial charge in [0.05, 0.1) is 24.0 Å². The van der Waals surface area contributed by atoms with Crippen molar-refractivity contribution in [2.75, 3.05) is 45.2 Å². The van der Waals surface area contributed by atoms with Crippen LogP contribution in [0.15, 0.2) is 30.5 Å². The van der Waals surface area contributed by atoms with Crippen molar-refractivity contribution in [3.05, 3.63) is 47.7 Å². The third kappa shape index (κ3) is 4.80. The molecule has 2 atom stereocenters. The first-order chi connectivity index (χ1) is 13.0. The van der Waals surface area contributed by atoms with E-state index in [1.807, 2.05) is 31.3 Å². The number of aliphatic hydroxyl groups is 1. The molecule has 0 saturated carbocycles. The van der Waals surface area contributed by atoms with Gasteiger partial charge in [0.25, 0.3) is 0 Å². The zero-order chi connectivity index (χ0) is 19.4. The van der Waals surface area contributed by atoms with Gasteiger partial charge in [0, 0.05) is 44.5 Å². The average molecular weight is 371 g/mol. The standard InChI is InChI=1S/C20H30N6O/c1-15(19-7-5-6-8-21-19)25(4)12-17-11-20(23-16(2)22-17)26-10-9-24(3)13-18(26)14-27/h5-8,11,15,18,27H,9-10,12-14H2,1-4H3/t15-,18?/m1/s1. The highest BCUT2D eigenvalue weighted by molar-refractivity contribution is 5.42. The van der Waals surface area contributed by atoms with E-state index in [1.165, 1.54) is 0 Å². The Morgan fingerprint density at radius 2 is 2.11 bits per heavy atom. The summed E-state index contributed by atoms with van der Waals surface area (Å²) in [5, 5.41) is 9.80. The second-order valence-corrected chi connectivity index (χ2v) is 7.40. The molecular formula is C20H30N6O. The summed E-state index contributed by atoms with van der Waals surface area (Å²) in [6, 6.07) is 8.32. The summed E-state index contributed by atoms with van der Waals surface area (Å²) >= 11 is 0. The van der Waals surface area contributed by atoms with Crippen molar-refractivity contribution >= 4 is 5.82 Å². The van der Waals surface area contributed by atoms with Gasteiger partial charge in [-0.2, -0.15) is 0 Å². The Hall–Kier alpha value is -2.09. The highest BCUT2D eigenvalue weighted by Gasteiger charge is 2.26. The summed E-state index contributed by atoms with van der Waals surface area (Å²) in [5.74, 6) is 1.67. The van der Waals surface area contributed by atoms with Gasteiger partial charge in [0.2, 0.25) is 0 Å². The fraction of sp³-hybridized carbons (Fsp3) is 0.550. The fourth-order valence-corrected chi connectivity index (χ4v) is 3.55. The molecule has 0 radical (unpaired) electrons. The lowest BCUT2D eigenvalue weighted by atomic mass is 10.1. The van der Waals surface area contributed by atoms with E-state index in [2.05, 4.69) is 56.7 Å². The Labute approximate surface area is 161 Å². The Morgan fingerprint density at radius 1 is 1.30 bits per heavy atom. The molecule has 0 spiro atoms. The molecule has 0 amide bonds. The van der Waals surface area contributed by atoms with Crippen LogP contribution in [0.3, 0.4) is 0 Å². The summed E-state index contributed by atoms with van der Waals surface area (Å²) in [5.41, 5.74) is 2.03. The fourth-order valence-electron chi connectivity index (χ4n) is 3.55. The second kappa shape index (κ2) is 8.73. The molecule has 1 unspecified atom stereocenters. The van der Waals surface area contributed by atoms with E-state index in [1.54, 1.807) is 0 Å². The van der Waals surface area contributed by atoms with Crippen molar-refractivity contribution < 1.29 is 5.11 Å². The molecule has 0 aromatic carbocycles. The number of aryl methyl sites for hydroxylation is 1. The number of hydrogen-bond donors (Lipinski definition) is 1. The van der Waals surface area contributed by atoms with Gasteiger partial charge in [-0.05, 0) is 40.1 Å². The molecule has 7 nitrogen and oxygen atoms in total. The van der Waals surface area contributed by atoms with Crippen LogP contribution in [0.4, 0.5) is 5.82 Å². The minimum Gasteiger partial charge on any atom is -0.394 e. The van der Waals surface area contributed by atoms with Crippen LogP contribution in [0.25, 0.3) is 0 Å². The number of hydrogen-bond acceptors (Lipinski definition) is 7. The van der Waals surface area contributed by atoms with E-state index in [9.17, 15) is 5.11 Å². The number of aliphatic hydroxyl groups excluding tert-OH is 1. The molecule has 1 fully saturated rings. The Bertz CT molecular complexity index is 741. The van der Waals surface area contributed by atoms with E-state index >= 15 is 0 Å². The average Bonchev–Trinajstić information content (AvgIpc) is 2.67. The molecule has 1 N–H and O–H groups in total. The van der Waals surface area contributed by atoms with Crippen LogP contribution in [-0.2, 0) is 6.54 Å². The maximum atomic E-state index is 9.80. The van der Waals surface area contributed by atoms with Crippen LogP contribution < -0.4 is 4.90 Å². The molecule has 2 aromatic rings. The third-order valence-corrected chi connectivity index (χ3v) is 5.26. The number of rotatable bonds is 6. The summed E-state index contributed by atoms with van der Waals surface area (Å²) < 4.78 is 0. The second-order valence-electron chi connectivity index (χ2n) is 7.40. The molecule has 1 saturated heterocycles. The number of nitrogens with zero attached hydrogens (tertiary/aromatic N) is 6. The largest absolute Gasteiger partial charge is 0.394 e. The predicted molar refractivity (Wildman–Crippen MR) is 107 cm³/mol. The summed E-state index contributed by atoms with van der Waals surface area (Å²) in [7, 11) is 4.17. The van der Waals surface area contributed by atoms with Gasteiger partial charge in [-0.15, -0.1) is 0 Å². The molecule has 146 valence electrons. The van der Waals surface area contributed by atoms with Crippen molar-refractivity contribution in [1.82, 2.24) is 24.8 Å². The van der Waals surface area contributed by atoms with E-state index < -0.39 is 0 Å². The van der Waals surface area contributed by atoms with Crippen LogP contribution in [0.2, 0.25) is 0 Å². The van der Waals surface area contributed by atoms with E-state index in [0.717, 1.165) is 42.7 Å². The monoisotopic (exact) mass is 370 g/mol. The lowest BCUT2D eigenvalue weighted by molar-refractivity contribution is 0.190. The predicted octanol–water partition coefficient (Wildman–Crippen LogP) is 1.49. The SMILES string of the molecule is Cc1nc(CN(C)[C@H](C)c2ccccn2)cc(N2CCN(C)CC2CO)n1. The third-order valence-electron chi connectivity index (χ3n) is 5.26. The Morgan fingerprint density at radius 3 is 2.81 bits per heavy atom. The van der Waals surface area contributed by atoms with Crippen molar-refractivity contribution in [3.8, 4) is 0 Å². The van der Waals surface area contributed by atoms with Crippen molar-refractivity contribution in [2.45, 2.75) is 32.5 Å². The zero-order valence-electron chi connectivity index (χ0n) is 16.7. The number of aromatic nitrogens is 3. The van der Waals surface area contributed by atoms with Gasteiger partial charge in [0.15, 0.2) is 0 Å². The van der Waals surface area contributed by atoms with E-state index in [0.29, 0.717) is 6.54 Å². The maximum absolute atomic E-state index is 9.80. The molecule has 2 aromatic heterocycles. The molecule has 0 bridgehead atoms. The smallest absolute Gasteiger partial charge is 0.132 e. The summed E-state index contributed by atoms with van der Waals surface area (Å²) in [4.78, 5) is 20.4. The van der Waals surface area contributed by atoms with Crippen molar-refractivity contribution in [1.29, 1.82) is 0 Å². The first-order valence-electron chi connectivity index (χ1n) is 9.49. The van der Waals surface area contributed by atoms with Crippen molar-refractivity contribution in [3.63, 3.8) is 0 Å². The maximum Gasteiger partial charge on any atom is 0.132 e. The van der Waals surface area contributed by atoms with Crippen LogP contribution in [0.1, 0.15) is 30.2 Å². The normalized spacial score (nSPS) is 19.5. The lowest BCUT2D eigenvalue weighted by Crippen LogP contribution is -2.54. The minimum atomic E-state index is 0.0658. The minimum absolute atomic E-state index is 0.0658. The molecule has 3 rings (SSSR count). The van der Waals surface area contributed by atoms with Gasteiger partial charge in [0.1, 0.15) is 11.6 Å². The molecule has 3 heterocycles. The van der Waals surface area contributed by atoms with Crippen LogP contribution in [-0.4, -0.2) is 76.2 Å². The first kappa shape index (κ1) is 19.7. The van der Waals surface area contributed by atoms with Gasteiger partial charge in [-0.1, -0.05) is 6.07 Å². The van der Waals surface area contributed by atoms with Gasteiger partial charge in [-0.3, -0.25) is 9.88 Å². The number of likely N-dealkylation sites (N-methyl/N-ethyl adjacent to an activating group) is 1. The molecule has 1 aliphatic heterocycles. The van der Waals surface area contributed by atoms with Gasteiger partial charge in [-0.25, -0.2) is 9.97 Å². The molecule has 1 aliphatic rings. The van der Waals surface area contributed by atoms with Crippen LogP contribution >= 0.6 is 0 Å². The number of pyridine rings is 1. The highest BCUT2D eigenvalue weighted by atomic mass is 16.3. The molecule has 7 heteroatoms. The summed E-state index contributed by atoms with van der Waals surface area (Å²) in [6.45, 7) is 7.58. The highest BCUT2D eigenvalue weighted by Crippen LogP contribution is 2.22. The topological polar surface area (TPSA) is 68.6 Å². The number of anilines is 1. The van der Waals surface area contributed by atoms with Crippen molar-refractivity contribution in [2.24, 2.45) is 0 Å². The van der Waals surface area contributed by atoms with E-state index in [4.69, 9.17) is 0 Å². The Kier molecular flexibility index (Phi) is 6.36. The molecule has 0 aliphatic carbocycles. The van der Waals surface area contributed by atoms with Crippen LogP contribution in [0, 0.1) is 6.92 Å². The Balaban J connectivity index is 1.77.